The van der Waals surface area contributed by atoms with E-state index in [1.165, 1.54) is 12.1 Å². The van der Waals surface area contributed by atoms with Crippen LogP contribution in [0.1, 0.15) is 29.3 Å². The second kappa shape index (κ2) is 7.86. The van der Waals surface area contributed by atoms with Gasteiger partial charge in [-0.15, -0.1) is 0 Å². The van der Waals surface area contributed by atoms with Gasteiger partial charge in [-0.05, 0) is 35.9 Å². The van der Waals surface area contributed by atoms with Gasteiger partial charge in [0.05, 0.1) is 5.56 Å². The van der Waals surface area contributed by atoms with Gasteiger partial charge in [0.25, 0.3) is 5.91 Å². The third kappa shape index (κ3) is 4.11. The molecule has 0 spiro atoms. The molecule has 0 atom stereocenters. The number of carbonyl (C=O) groups excluding carboxylic acids is 2. The topological polar surface area (TPSA) is 73.9 Å². The molecule has 0 radical (unpaired) electrons. The molecule has 0 fully saturated rings. The molecule has 0 aromatic heterocycles. The molecule has 0 aliphatic carbocycles. The van der Waals surface area contributed by atoms with Crippen molar-refractivity contribution in [2.45, 2.75) is 19.9 Å². The fraction of sp³-hybridized carbons (Fsp3) is 0.263. The summed E-state index contributed by atoms with van der Waals surface area (Å²) in [5.41, 5.74) is 0.988. The third-order valence-electron chi connectivity index (χ3n) is 3.85. The fourth-order valence-corrected chi connectivity index (χ4v) is 2.48. The van der Waals surface area contributed by atoms with Gasteiger partial charge < -0.3 is 19.5 Å². The Kier molecular flexibility index (Phi) is 5.36. The van der Waals surface area contributed by atoms with Crippen molar-refractivity contribution in [2.75, 3.05) is 13.4 Å². The maximum absolute atomic E-state index is 13.3. The van der Waals surface area contributed by atoms with Crippen molar-refractivity contribution in [1.82, 2.24) is 5.32 Å². The molecule has 1 amide bonds. The smallest absolute Gasteiger partial charge is 0.258 e. The van der Waals surface area contributed by atoms with E-state index in [1.807, 2.05) is 6.07 Å². The molecule has 136 valence electrons. The molecule has 1 aliphatic heterocycles. The van der Waals surface area contributed by atoms with E-state index in [0.29, 0.717) is 18.0 Å². The first-order valence-electron chi connectivity index (χ1n) is 8.17. The number of fused-ring (bicyclic) bond motifs is 1. The number of rotatable bonds is 7. The molecule has 0 saturated carbocycles. The van der Waals surface area contributed by atoms with Gasteiger partial charge in [-0.1, -0.05) is 13.0 Å². The highest BCUT2D eigenvalue weighted by molar-refractivity contribution is 5.98. The number of nitrogens with one attached hydrogen (secondary N) is 1. The number of Topliss-reactive ketones (excluding diaryl/α,β-unsaturated/α-hetero) is 1. The van der Waals surface area contributed by atoms with Crippen LogP contribution in [0.15, 0.2) is 36.4 Å². The Bertz CT molecular complexity index is 837. The molecule has 1 N–H and O–H groups in total. The van der Waals surface area contributed by atoms with Crippen LogP contribution in [0, 0.1) is 5.82 Å². The molecule has 26 heavy (non-hydrogen) atoms. The lowest BCUT2D eigenvalue weighted by molar-refractivity contribution is -0.123. The molecule has 0 unspecified atom stereocenters. The van der Waals surface area contributed by atoms with E-state index in [0.717, 1.165) is 11.6 Å². The molecular weight excluding hydrogens is 341 g/mol. The summed E-state index contributed by atoms with van der Waals surface area (Å²) < 4.78 is 29.3. The molecule has 0 bridgehead atoms. The summed E-state index contributed by atoms with van der Waals surface area (Å²) in [5.74, 6) is 0.370. The summed E-state index contributed by atoms with van der Waals surface area (Å²) in [5, 5.41) is 2.72. The SMILES string of the molecule is CCC(=O)c1cc(F)ccc1OCC(=O)NCc1ccc2c(c1)OCO2. The first kappa shape index (κ1) is 17.7. The van der Waals surface area contributed by atoms with Crippen LogP contribution in [0.5, 0.6) is 17.2 Å². The largest absolute Gasteiger partial charge is 0.483 e. The second-order valence-electron chi connectivity index (χ2n) is 5.67. The molecule has 2 aromatic rings. The first-order valence-corrected chi connectivity index (χ1v) is 8.17. The summed E-state index contributed by atoms with van der Waals surface area (Å²) in [6, 6.07) is 9.05. The van der Waals surface area contributed by atoms with Gasteiger partial charge in [0.15, 0.2) is 23.9 Å². The van der Waals surface area contributed by atoms with Crippen LogP contribution >= 0.6 is 0 Å². The Hall–Kier alpha value is -3.09. The Labute approximate surface area is 149 Å². The van der Waals surface area contributed by atoms with Crippen LogP contribution in [-0.2, 0) is 11.3 Å². The van der Waals surface area contributed by atoms with E-state index in [2.05, 4.69) is 5.32 Å². The number of ether oxygens (including phenoxy) is 3. The van der Waals surface area contributed by atoms with E-state index in [1.54, 1.807) is 19.1 Å². The number of hydrogen-bond donors (Lipinski definition) is 1. The maximum atomic E-state index is 13.3. The number of halogens is 1. The molecular formula is C19H18FNO5. The number of benzene rings is 2. The van der Waals surface area contributed by atoms with Crippen molar-refractivity contribution in [3.05, 3.63) is 53.3 Å². The van der Waals surface area contributed by atoms with Gasteiger partial charge in [-0.3, -0.25) is 9.59 Å². The molecule has 3 rings (SSSR count). The molecule has 1 heterocycles. The van der Waals surface area contributed by atoms with Gasteiger partial charge in [-0.2, -0.15) is 0 Å². The normalized spacial score (nSPS) is 11.9. The third-order valence-corrected chi connectivity index (χ3v) is 3.85. The van der Waals surface area contributed by atoms with Gasteiger partial charge in [0.1, 0.15) is 11.6 Å². The minimum atomic E-state index is -0.526. The van der Waals surface area contributed by atoms with Crippen LogP contribution in [0.25, 0.3) is 0 Å². The van der Waals surface area contributed by atoms with E-state index in [9.17, 15) is 14.0 Å². The van der Waals surface area contributed by atoms with Crippen molar-refractivity contribution in [1.29, 1.82) is 0 Å². The molecule has 2 aromatic carbocycles. The summed E-state index contributed by atoms with van der Waals surface area (Å²) in [6.45, 7) is 1.88. The molecule has 0 saturated heterocycles. The minimum Gasteiger partial charge on any atom is -0.483 e. The predicted molar refractivity (Wildman–Crippen MR) is 90.9 cm³/mol. The minimum absolute atomic E-state index is 0.135. The Morgan fingerprint density at radius 1 is 1.15 bits per heavy atom. The number of carbonyl (C=O) groups is 2. The second-order valence-corrected chi connectivity index (χ2v) is 5.67. The molecule has 7 heteroatoms. The highest BCUT2D eigenvalue weighted by atomic mass is 19.1. The summed E-state index contributed by atoms with van der Waals surface area (Å²) in [4.78, 5) is 23.9. The Morgan fingerprint density at radius 2 is 1.96 bits per heavy atom. The highest BCUT2D eigenvalue weighted by Gasteiger charge is 2.15. The quantitative estimate of drug-likeness (QED) is 0.770. The Morgan fingerprint density at radius 3 is 2.77 bits per heavy atom. The monoisotopic (exact) mass is 359 g/mol. The molecule has 1 aliphatic rings. The predicted octanol–water partition coefficient (Wildman–Crippen LogP) is 2.84. The summed E-state index contributed by atoms with van der Waals surface area (Å²) >= 11 is 0. The zero-order valence-corrected chi connectivity index (χ0v) is 14.2. The fourth-order valence-electron chi connectivity index (χ4n) is 2.48. The van der Waals surface area contributed by atoms with Crippen LogP contribution in [0.3, 0.4) is 0 Å². The lowest BCUT2D eigenvalue weighted by Crippen LogP contribution is -2.28. The van der Waals surface area contributed by atoms with Crippen molar-refractivity contribution < 1.29 is 28.2 Å². The van der Waals surface area contributed by atoms with E-state index in [-0.39, 0.29) is 42.8 Å². The molecule has 6 nitrogen and oxygen atoms in total. The zero-order valence-electron chi connectivity index (χ0n) is 14.2. The van der Waals surface area contributed by atoms with Crippen LogP contribution in [0.4, 0.5) is 4.39 Å². The lowest BCUT2D eigenvalue weighted by Gasteiger charge is -2.11. The average Bonchev–Trinajstić information content (AvgIpc) is 3.12. The van der Waals surface area contributed by atoms with Crippen molar-refractivity contribution in [3.8, 4) is 17.2 Å². The van der Waals surface area contributed by atoms with Crippen molar-refractivity contribution in [3.63, 3.8) is 0 Å². The highest BCUT2D eigenvalue weighted by Crippen LogP contribution is 2.32. The van der Waals surface area contributed by atoms with E-state index < -0.39 is 5.82 Å². The van der Waals surface area contributed by atoms with Gasteiger partial charge in [0.2, 0.25) is 6.79 Å². The number of amides is 1. The van der Waals surface area contributed by atoms with Gasteiger partial charge in [0, 0.05) is 13.0 Å². The standard InChI is InChI=1S/C19H18FNO5/c1-2-15(22)14-8-13(20)4-6-16(14)24-10-19(23)21-9-12-3-5-17-18(7-12)26-11-25-17/h3-8H,2,9-11H2,1H3,(H,21,23). The number of hydrogen-bond acceptors (Lipinski definition) is 5. The lowest BCUT2D eigenvalue weighted by atomic mass is 10.1. The van der Waals surface area contributed by atoms with E-state index in [4.69, 9.17) is 14.2 Å². The zero-order chi connectivity index (χ0) is 18.5. The van der Waals surface area contributed by atoms with Crippen LogP contribution in [0.2, 0.25) is 0 Å². The van der Waals surface area contributed by atoms with Crippen LogP contribution < -0.4 is 19.5 Å². The summed E-state index contributed by atoms with van der Waals surface area (Å²) in [7, 11) is 0. The number of ketones is 1. The maximum Gasteiger partial charge on any atom is 0.258 e. The van der Waals surface area contributed by atoms with Crippen molar-refractivity contribution >= 4 is 11.7 Å². The van der Waals surface area contributed by atoms with Gasteiger partial charge in [-0.25, -0.2) is 4.39 Å². The van der Waals surface area contributed by atoms with Crippen LogP contribution in [-0.4, -0.2) is 25.1 Å². The van der Waals surface area contributed by atoms with Gasteiger partial charge >= 0.3 is 0 Å². The van der Waals surface area contributed by atoms with E-state index >= 15 is 0 Å². The first-order chi connectivity index (χ1) is 12.6. The average molecular weight is 359 g/mol. The summed E-state index contributed by atoms with van der Waals surface area (Å²) in [6.07, 6.45) is 0.218. The Balaban J connectivity index is 1.55. The van der Waals surface area contributed by atoms with Crippen molar-refractivity contribution in [2.24, 2.45) is 0 Å².